The Labute approximate surface area is 320 Å². The highest BCUT2D eigenvalue weighted by Crippen LogP contribution is 2.81. The number of allylic oxidation sites excluding steroid dienone is 1. The third-order valence-electron chi connectivity index (χ3n) is 17.5. The number of aliphatic carboxylic acids is 1. The summed E-state index contributed by atoms with van der Waals surface area (Å²) in [5.74, 6) is -0.186. The summed E-state index contributed by atoms with van der Waals surface area (Å²) >= 11 is 0. The highest BCUT2D eigenvalue weighted by Gasteiger charge is 2.74. The summed E-state index contributed by atoms with van der Waals surface area (Å²) in [6.45, 7) is 22.6. The molecule has 0 bridgehead atoms. The molecule has 5 fully saturated rings. The molecule has 1 saturated heterocycles. The summed E-state index contributed by atoms with van der Waals surface area (Å²) in [6, 6.07) is 0. The number of ether oxygens (including phenoxy) is 2. The van der Waals surface area contributed by atoms with Crippen LogP contribution in [0.5, 0.6) is 0 Å². The van der Waals surface area contributed by atoms with Gasteiger partial charge in [-0.1, -0.05) is 60.5 Å². The summed E-state index contributed by atoms with van der Waals surface area (Å²) in [6.07, 6.45) is 7.44. The van der Waals surface area contributed by atoms with E-state index in [2.05, 4.69) is 56.3 Å². The number of hydrogen-bond acceptors (Lipinski definition) is 7. The molecule has 0 aromatic rings. The maximum Gasteiger partial charge on any atom is 0.309 e. The summed E-state index contributed by atoms with van der Waals surface area (Å²) in [4.78, 5) is 56.4. The monoisotopic (exact) mass is 737 g/mol. The number of carboxylic acid groups (broad SMARTS) is 1. The Kier molecular flexibility index (Phi) is 9.87. The van der Waals surface area contributed by atoms with E-state index in [1.165, 1.54) is 5.57 Å². The third-order valence-corrected chi connectivity index (χ3v) is 17.5. The van der Waals surface area contributed by atoms with Gasteiger partial charge in [-0.3, -0.25) is 19.2 Å². The van der Waals surface area contributed by atoms with Crippen molar-refractivity contribution in [2.24, 2.45) is 50.2 Å². The average molecular weight is 737 g/mol. The SMILES string of the molecule is BC12CC[C@]3(C)[C@H](CC[C@@H]4C5=C(C(C)C)C(=O)C[C@]5([C@@H]5CN(C(=O)CN(C)C)C(C)O5)CC[C@]43C)[C@@]1(C)CC[C@H](OC(=O)CC(C)(C)C(=O)O)C2(C)C. The zero-order valence-electron chi connectivity index (χ0n) is 35.2. The normalized spacial score (nSPS) is 42.3. The van der Waals surface area contributed by atoms with Crippen LogP contribution in [0.2, 0.25) is 5.31 Å². The fourth-order valence-corrected chi connectivity index (χ4v) is 13.7. The van der Waals surface area contributed by atoms with Gasteiger partial charge in [-0.2, -0.15) is 0 Å². The Morgan fingerprint density at radius 1 is 0.981 bits per heavy atom. The molecule has 1 heterocycles. The van der Waals surface area contributed by atoms with Gasteiger partial charge in [-0.25, -0.2) is 0 Å². The number of carboxylic acids is 1. The van der Waals surface area contributed by atoms with Gasteiger partial charge < -0.3 is 24.4 Å². The Morgan fingerprint density at radius 3 is 2.23 bits per heavy atom. The lowest BCUT2D eigenvalue weighted by Crippen LogP contribution is -2.68. The Morgan fingerprint density at radius 2 is 1.62 bits per heavy atom. The van der Waals surface area contributed by atoms with E-state index in [-0.39, 0.29) is 80.8 Å². The average Bonchev–Trinajstić information content (AvgIpc) is 3.58. The van der Waals surface area contributed by atoms with Crippen LogP contribution in [0.25, 0.3) is 0 Å². The van der Waals surface area contributed by atoms with E-state index in [1.54, 1.807) is 13.8 Å². The maximum atomic E-state index is 14.2. The van der Waals surface area contributed by atoms with E-state index >= 15 is 0 Å². The Bertz CT molecular complexity index is 1590. The smallest absolute Gasteiger partial charge is 0.309 e. The van der Waals surface area contributed by atoms with Crippen molar-refractivity contribution in [1.29, 1.82) is 0 Å². The van der Waals surface area contributed by atoms with Crippen LogP contribution < -0.4 is 0 Å². The number of carbonyl (C=O) groups excluding carboxylic acids is 3. The first kappa shape index (κ1) is 40.5. The molecule has 0 aromatic heterocycles. The number of Topliss-reactive ketones (excluding diaryl/α,β-unsaturated/α-hetero) is 1. The highest BCUT2D eigenvalue weighted by atomic mass is 16.5. The van der Waals surface area contributed by atoms with Gasteiger partial charge in [0.15, 0.2) is 5.78 Å². The standard InChI is InChI=1S/C43H69BN2O7/c1-25(2)34-28(47)21-42(31-23-46(26(3)52-31)32(48)24-45(11)12)19-17-39(8)27(35(34)42)13-14-29-40(39,9)18-20-43(44)38(6,7)30(15-16-41(29,43)10)53-33(49)22-37(4,5)36(50)51/h25-27,29-31H,13-24,44H2,1-12H3,(H,50,51)/t26?,27-,29+,30+,31+,39-,40-,41-,42+,43?/m1/s1. The van der Waals surface area contributed by atoms with Crippen LogP contribution in [0, 0.1) is 50.2 Å². The lowest BCUT2D eigenvalue weighted by atomic mass is 9.25. The van der Waals surface area contributed by atoms with Crippen LogP contribution in [0.4, 0.5) is 0 Å². The first-order valence-electron chi connectivity index (χ1n) is 20.6. The number of likely N-dealkylation sites (N-methyl/N-ethyl adjacent to an activating group) is 1. The van der Waals surface area contributed by atoms with Crippen molar-refractivity contribution in [3.8, 4) is 0 Å². The molecular weight excluding hydrogens is 667 g/mol. The molecule has 1 N–H and O–H groups in total. The maximum absolute atomic E-state index is 14.2. The second kappa shape index (κ2) is 12.9. The van der Waals surface area contributed by atoms with Crippen molar-refractivity contribution in [2.75, 3.05) is 27.2 Å². The van der Waals surface area contributed by atoms with Gasteiger partial charge in [0.2, 0.25) is 5.91 Å². The van der Waals surface area contributed by atoms with E-state index in [0.717, 1.165) is 56.9 Å². The van der Waals surface area contributed by atoms with Crippen LogP contribution in [-0.2, 0) is 28.7 Å². The van der Waals surface area contributed by atoms with Gasteiger partial charge in [0, 0.05) is 17.3 Å². The number of ketones is 1. The van der Waals surface area contributed by atoms with Crippen molar-refractivity contribution >= 4 is 31.5 Å². The topological polar surface area (TPSA) is 113 Å². The van der Waals surface area contributed by atoms with Crippen LogP contribution in [0.3, 0.4) is 0 Å². The molecule has 6 aliphatic rings. The van der Waals surface area contributed by atoms with E-state index in [1.807, 2.05) is 30.8 Å². The largest absolute Gasteiger partial charge is 0.481 e. The molecule has 296 valence electrons. The second-order valence-electron chi connectivity index (χ2n) is 21.1. The van der Waals surface area contributed by atoms with Gasteiger partial charge >= 0.3 is 11.9 Å². The minimum atomic E-state index is -1.17. The fourth-order valence-electron chi connectivity index (χ4n) is 13.7. The van der Waals surface area contributed by atoms with Gasteiger partial charge in [0.25, 0.3) is 0 Å². The lowest BCUT2D eigenvalue weighted by Gasteiger charge is -2.75. The van der Waals surface area contributed by atoms with E-state index < -0.39 is 17.4 Å². The van der Waals surface area contributed by atoms with Crippen LogP contribution in [0.15, 0.2) is 11.1 Å². The fraction of sp³-hybridized carbons (Fsp3) is 0.860. The predicted molar refractivity (Wildman–Crippen MR) is 208 cm³/mol. The molecular formula is C43H69BN2O7. The number of rotatable bonds is 8. The second-order valence-corrected chi connectivity index (χ2v) is 21.1. The zero-order valence-corrected chi connectivity index (χ0v) is 35.2. The number of esters is 1. The predicted octanol–water partition coefficient (Wildman–Crippen LogP) is 6.69. The molecule has 9 nitrogen and oxygen atoms in total. The first-order valence-corrected chi connectivity index (χ1v) is 20.6. The van der Waals surface area contributed by atoms with Gasteiger partial charge in [0.05, 0.1) is 31.0 Å². The molecule has 0 spiro atoms. The Hall–Kier alpha value is -2.20. The lowest BCUT2D eigenvalue weighted by molar-refractivity contribution is -0.228. The van der Waals surface area contributed by atoms with Crippen LogP contribution in [0.1, 0.15) is 133 Å². The summed E-state index contributed by atoms with van der Waals surface area (Å²) in [5.41, 5.74) is 0.602. The molecule has 10 heteroatoms. The Balaban J connectivity index is 1.32. The van der Waals surface area contributed by atoms with Crippen LogP contribution >= 0.6 is 0 Å². The highest BCUT2D eigenvalue weighted by molar-refractivity contribution is 6.16. The number of carbonyl (C=O) groups is 4. The number of hydrogen-bond donors (Lipinski definition) is 1. The van der Waals surface area contributed by atoms with E-state index in [0.29, 0.717) is 25.4 Å². The van der Waals surface area contributed by atoms with Crippen molar-refractivity contribution in [2.45, 2.75) is 157 Å². The number of fused-ring (bicyclic) bond motifs is 7. The van der Waals surface area contributed by atoms with Crippen molar-refractivity contribution < 1.29 is 33.8 Å². The molecule has 0 aromatic carbocycles. The van der Waals surface area contributed by atoms with E-state index in [9.17, 15) is 24.3 Å². The minimum Gasteiger partial charge on any atom is -0.481 e. The van der Waals surface area contributed by atoms with Crippen LogP contribution in [-0.4, -0.2) is 92.0 Å². The number of amides is 1. The molecule has 4 saturated carbocycles. The van der Waals surface area contributed by atoms with Gasteiger partial charge in [-0.05, 0) is 125 Å². The molecule has 2 unspecified atom stereocenters. The molecule has 10 atom stereocenters. The third kappa shape index (κ3) is 5.66. The van der Waals surface area contributed by atoms with Gasteiger partial charge in [0.1, 0.15) is 20.2 Å². The molecule has 0 radical (unpaired) electrons. The van der Waals surface area contributed by atoms with E-state index in [4.69, 9.17) is 9.47 Å². The van der Waals surface area contributed by atoms with Crippen molar-refractivity contribution in [3.63, 3.8) is 0 Å². The quantitative estimate of drug-likeness (QED) is 0.217. The number of nitrogens with zero attached hydrogens (tertiary/aromatic N) is 2. The van der Waals surface area contributed by atoms with Crippen molar-refractivity contribution in [3.05, 3.63) is 11.1 Å². The van der Waals surface area contributed by atoms with Gasteiger partial charge in [-0.15, -0.1) is 0 Å². The minimum absolute atomic E-state index is 0.00725. The summed E-state index contributed by atoms with van der Waals surface area (Å²) < 4.78 is 13.0. The zero-order chi connectivity index (χ0) is 39.5. The molecule has 1 aliphatic heterocycles. The molecule has 1 amide bonds. The van der Waals surface area contributed by atoms with Crippen molar-refractivity contribution in [1.82, 2.24) is 9.80 Å². The summed E-state index contributed by atoms with van der Waals surface area (Å²) in [5, 5.41) is 9.56. The summed E-state index contributed by atoms with van der Waals surface area (Å²) in [7, 11) is 6.29. The molecule has 6 rings (SSSR count). The first-order chi connectivity index (χ1) is 24.3. The molecule has 53 heavy (non-hydrogen) atoms. The molecule has 5 aliphatic carbocycles.